The molecule has 1 N–H and O–H groups in total. The molecular formula is C14H20N2O3S2. The van der Waals surface area contributed by atoms with Crippen molar-refractivity contribution in [2.45, 2.75) is 36.3 Å². The Kier molecular flexibility index (Phi) is 4.07. The van der Waals surface area contributed by atoms with E-state index in [0.717, 1.165) is 32.2 Å². The van der Waals surface area contributed by atoms with Gasteiger partial charge >= 0.3 is 0 Å². The molecule has 0 atom stereocenters. The van der Waals surface area contributed by atoms with E-state index in [1.54, 1.807) is 21.8 Å². The number of rotatable bonds is 2. The summed E-state index contributed by atoms with van der Waals surface area (Å²) >= 11 is 1.27. The Hall–Kier alpha value is -0.920. The number of carbonyl (C=O) groups is 1. The first-order valence-corrected chi connectivity index (χ1v) is 9.64. The quantitative estimate of drug-likeness (QED) is 0.900. The second-order valence-corrected chi connectivity index (χ2v) is 9.05. The summed E-state index contributed by atoms with van der Waals surface area (Å²) in [5.74, 6) is 0.125. The lowest BCUT2D eigenvalue weighted by Gasteiger charge is -2.40. The zero-order valence-electron chi connectivity index (χ0n) is 11.9. The molecule has 2 aliphatic heterocycles. The number of nitrogens with one attached hydrogen (secondary N) is 1. The minimum atomic E-state index is -3.32. The SMILES string of the molecule is O=C1CCC2(CCN1)CCN(S(=O)(=O)c1cccs1)CC2. The summed E-state index contributed by atoms with van der Waals surface area (Å²) in [7, 11) is -3.32. The van der Waals surface area contributed by atoms with Gasteiger partial charge in [0.15, 0.2) is 0 Å². The van der Waals surface area contributed by atoms with Gasteiger partial charge in [-0.05, 0) is 42.5 Å². The molecule has 0 unspecified atom stereocenters. The van der Waals surface area contributed by atoms with Gasteiger partial charge in [-0.2, -0.15) is 4.31 Å². The Balaban J connectivity index is 1.69. The maximum Gasteiger partial charge on any atom is 0.252 e. The monoisotopic (exact) mass is 328 g/mol. The highest BCUT2D eigenvalue weighted by Crippen LogP contribution is 2.41. The Morgan fingerprint density at radius 1 is 1.19 bits per heavy atom. The third-order valence-corrected chi connectivity index (χ3v) is 8.00. The fraction of sp³-hybridized carbons (Fsp3) is 0.643. The van der Waals surface area contributed by atoms with E-state index in [1.165, 1.54) is 11.3 Å². The molecule has 0 radical (unpaired) electrons. The molecule has 0 saturated carbocycles. The van der Waals surface area contributed by atoms with E-state index in [1.807, 2.05) is 0 Å². The minimum absolute atomic E-state index is 0.125. The van der Waals surface area contributed by atoms with Crippen LogP contribution in [0.4, 0.5) is 0 Å². The van der Waals surface area contributed by atoms with Gasteiger partial charge in [-0.3, -0.25) is 4.79 Å². The van der Waals surface area contributed by atoms with E-state index in [4.69, 9.17) is 0 Å². The number of sulfonamides is 1. The van der Waals surface area contributed by atoms with Crippen molar-refractivity contribution in [1.29, 1.82) is 0 Å². The van der Waals surface area contributed by atoms with Crippen LogP contribution in [-0.4, -0.2) is 38.3 Å². The number of carbonyl (C=O) groups excluding carboxylic acids is 1. The smallest absolute Gasteiger partial charge is 0.252 e. The zero-order chi connectivity index (χ0) is 14.9. The van der Waals surface area contributed by atoms with Crippen molar-refractivity contribution in [3.8, 4) is 0 Å². The molecule has 1 aromatic heterocycles. The van der Waals surface area contributed by atoms with Gasteiger partial charge in [0, 0.05) is 26.1 Å². The molecule has 7 heteroatoms. The van der Waals surface area contributed by atoms with Gasteiger partial charge in [0.25, 0.3) is 10.0 Å². The fourth-order valence-electron chi connectivity index (χ4n) is 3.30. The fourth-order valence-corrected chi connectivity index (χ4v) is 5.88. The molecular weight excluding hydrogens is 308 g/mol. The predicted molar refractivity (Wildman–Crippen MR) is 81.6 cm³/mol. The highest BCUT2D eigenvalue weighted by Gasteiger charge is 2.39. The van der Waals surface area contributed by atoms with Crippen LogP contribution in [0.25, 0.3) is 0 Å². The summed E-state index contributed by atoms with van der Waals surface area (Å²) in [5, 5.41) is 4.70. The van der Waals surface area contributed by atoms with Crippen molar-refractivity contribution in [2.24, 2.45) is 5.41 Å². The van der Waals surface area contributed by atoms with Crippen LogP contribution < -0.4 is 5.32 Å². The molecule has 1 aromatic rings. The summed E-state index contributed by atoms with van der Waals surface area (Å²) in [4.78, 5) is 11.5. The van der Waals surface area contributed by atoms with Crippen molar-refractivity contribution < 1.29 is 13.2 Å². The molecule has 0 aromatic carbocycles. The summed E-state index contributed by atoms with van der Waals surface area (Å²) < 4.78 is 27.0. The van der Waals surface area contributed by atoms with Crippen LogP contribution >= 0.6 is 11.3 Å². The van der Waals surface area contributed by atoms with E-state index < -0.39 is 10.0 Å². The van der Waals surface area contributed by atoms with Crippen LogP contribution in [0.15, 0.2) is 21.7 Å². The van der Waals surface area contributed by atoms with E-state index >= 15 is 0 Å². The molecule has 21 heavy (non-hydrogen) atoms. The predicted octanol–water partition coefficient (Wildman–Crippen LogP) is 1.82. The molecule has 3 rings (SSSR count). The molecule has 2 saturated heterocycles. The van der Waals surface area contributed by atoms with E-state index in [2.05, 4.69) is 5.32 Å². The molecule has 1 spiro atoms. The standard InChI is InChI=1S/C14H20N2O3S2/c17-12-3-4-14(5-8-15-12)6-9-16(10-7-14)21(18,19)13-2-1-11-20-13/h1-2,11H,3-10H2,(H,15,17). The minimum Gasteiger partial charge on any atom is -0.356 e. The third-order valence-electron chi connectivity index (χ3n) is 4.73. The summed E-state index contributed by atoms with van der Waals surface area (Å²) in [6.07, 6.45) is 4.12. The third kappa shape index (κ3) is 3.00. The number of nitrogens with zero attached hydrogens (tertiary/aromatic N) is 1. The van der Waals surface area contributed by atoms with Crippen molar-refractivity contribution in [3.63, 3.8) is 0 Å². The second-order valence-electron chi connectivity index (χ2n) is 5.94. The molecule has 3 heterocycles. The van der Waals surface area contributed by atoms with Crippen molar-refractivity contribution in [2.75, 3.05) is 19.6 Å². The van der Waals surface area contributed by atoms with Crippen LogP contribution in [0.2, 0.25) is 0 Å². The second kappa shape index (κ2) is 5.70. The highest BCUT2D eigenvalue weighted by molar-refractivity contribution is 7.91. The van der Waals surface area contributed by atoms with Gasteiger partial charge in [-0.1, -0.05) is 6.07 Å². The highest BCUT2D eigenvalue weighted by atomic mass is 32.2. The largest absolute Gasteiger partial charge is 0.356 e. The van der Waals surface area contributed by atoms with Crippen LogP contribution in [0.1, 0.15) is 32.1 Å². The van der Waals surface area contributed by atoms with E-state index in [0.29, 0.717) is 23.7 Å². The normalized spacial score (nSPS) is 23.7. The molecule has 2 aliphatic rings. The van der Waals surface area contributed by atoms with Gasteiger partial charge in [-0.15, -0.1) is 11.3 Å². The van der Waals surface area contributed by atoms with Crippen LogP contribution in [0.5, 0.6) is 0 Å². The van der Waals surface area contributed by atoms with Gasteiger partial charge < -0.3 is 5.32 Å². The maximum absolute atomic E-state index is 12.5. The Morgan fingerprint density at radius 3 is 2.62 bits per heavy atom. The summed E-state index contributed by atoms with van der Waals surface area (Å²) in [6, 6.07) is 3.43. The molecule has 5 nitrogen and oxygen atoms in total. The first-order chi connectivity index (χ1) is 10.0. The zero-order valence-corrected chi connectivity index (χ0v) is 13.5. The van der Waals surface area contributed by atoms with Crippen LogP contribution in [0, 0.1) is 5.41 Å². The van der Waals surface area contributed by atoms with Crippen molar-refractivity contribution in [1.82, 2.24) is 9.62 Å². The first kappa shape index (κ1) is 15.0. The van der Waals surface area contributed by atoms with Gasteiger partial charge in [0.05, 0.1) is 0 Å². The summed E-state index contributed by atoms with van der Waals surface area (Å²) in [5.41, 5.74) is 0.140. The van der Waals surface area contributed by atoms with Crippen molar-refractivity contribution in [3.05, 3.63) is 17.5 Å². The lowest BCUT2D eigenvalue weighted by Crippen LogP contribution is -2.43. The van der Waals surface area contributed by atoms with Crippen LogP contribution in [-0.2, 0) is 14.8 Å². The number of hydrogen-bond acceptors (Lipinski definition) is 4. The molecule has 2 fully saturated rings. The van der Waals surface area contributed by atoms with Crippen LogP contribution in [0.3, 0.4) is 0 Å². The van der Waals surface area contributed by atoms with Crippen molar-refractivity contribution >= 4 is 27.3 Å². The summed E-state index contributed by atoms with van der Waals surface area (Å²) in [6.45, 7) is 1.85. The van der Waals surface area contributed by atoms with Gasteiger partial charge in [-0.25, -0.2) is 8.42 Å². The molecule has 116 valence electrons. The topological polar surface area (TPSA) is 66.5 Å². The number of hydrogen-bond donors (Lipinski definition) is 1. The van der Waals surface area contributed by atoms with Gasteiger partial charge in [0.1, 0.15) is 4.21 Å². The Bertz CT molecular complexity index is 602. The van der Waals surface area contributed by atoms with E-state index in [-0.39, 0.29) is 11.3 Å². The average Bonchev–Trinajstić information content (AvgIpc) is 2.95. The number of amides is 1. The average molecular weight is 328 g/mol. The molecule has 0 bridgehead atoms. The Labute approximate surface area is 129 Å². The lowest BCUT2D eigenvalue weighted by atomic mass is 9.73. The lowest BCUT2D eigenvalue weighted by molar-refractivity contribution is -0.120. The molecule has 1 amide bonds. The molecule has 0 aliphatic carbocycles. The maximum atomic E-state index is 12.5. The number of piperidine rings is 1. The van der Waals surface area contributed by atoms with Gasteiger partial charge in [0.2, 0.25) is 5.91 Å². The number of thiophene rings is 1. The Morgan fingerprint density at radius 2 is 1.95 bits per heavy atom. The van der Waals surface area contributed by atoms with E-state index in [9.17, 15) is 13.2 Å². The first-order valence-electron chi connectivity index (χ1n) is 7.32.